The summed E-state index contributed by atoms with van der Waals surface area (Å²) in [5, 5.41) is 57.5. The lowest BCUT2D eigenvalue weighted by molar-refractivity contribution is 0.454. The lowest BCUT2D eigenvalue weighted by Gasteiger charge is -2.16. The van der Waals surface area contributed by atoms with Gasteiger partial charge >= 0.3 is 0 Å². The highest BCUT2D eigenvalue weighted by Crippen LogP contribution is 2.60. The Morgan fingerprint density at radius 2 is 0.700 bits per heavy atom. The highest BCUT2D eigenvalue weighted by molar-refractivity contribution is 6.38. The molecule has 0 amide bonds. The predicted octanol–water partition coefficient (Wildman–Crippen LogP) is 8.42. The molecule has 0 N–H and O–H groups in total. The maximum atomic E-state index is 15.1. The van der Waals surface area contributed by atoms with Gasteiger partial charge in [0.05, 0.1) is 11.1 Å². The molecule has 4 aromatic carbocycles. The zero-order chi connectivity index (χ0) is 36.3. The van der Waals surface area contributed by atoms with Gasteiger partial charge in [0.1, 0.15) is 58.7 Å². The fourth-order valence-corrected chi connectivity index (χ4v) is 6.07. The first kappa shape index (κ1) is 32.4. The van der Waals surface area contributed by atoms with E-state index < -0.39 is 91.1 Å². The lowest BCUT2D eigenvalue weighted by Crippen LogP contribution is -2.05. The molecule has 0 saturated carbocycles. The monoisotopic (exact) mass is 674 g/mol. The molecule has 6 rings (SSSR count). The van der Waals surface area contributed by atoms with Crippen molar-refractivity contribution in [2.45, 2.75) is 0 Å². The van der Waals surface area contributed by atoms with E-state index in [0.717, 1.165) is 48.5 Å². The Bertz CT molecular complexity index is 2420. The van der Waals surface area contributed by atoms with Crippen LogP contribution in [0.1, 0.15) is 33.4 Å². The van der Waals surface area contributed by atoms with Crippen molar-refractivity contribution >= 4 is 22.3 Å². The van der Waals surface area contributed by atoms with E-state index in [2.05, 4.69) is 0 Å². The number of fused-ring (bicyclic) bond motifs is 4. The second-order valence-electron chi connectivity index (χ2n) is 10.5. The van der Waals surface area contributed by atoms with Gasteiger partial charge in [0, 0.05) is 22.3 Å². The Morgan fingerprint density at radius 3 is 0.960 bits per heavy atom. The SMILES string of the molecule is N#CC(C#N)=C1C2=C(C(=C(C#N)C#N)c3cc(-c4c(F)c(F)c(C#N)c(F)c4F)ccc32)c2ccc(-c3c(F)c(F)c(C#N)c(F)c3F)cc21. The summed E-state index contributed by atoms with van der Waals surface area (Å²) in [6.07, 6.45) is 0. The van der Waals surface area contributed by atoms with Crippen LogP contribution < -0.4 is 0 Å². The van der Waals surface area contributed by atoms with E-state index in [0.29, 0.717) is 0 Å². The number of allylic oxidation sites excluding steroid dienone is 6. The highest BCUT2D eigenvalue weighted by atomic mass is 19.2. The maximum Gasteiger partial charge on any atom is 0.180 e. The zero-order valence-corrected chi connectivity index (χ0v) is 24.2. The van der Waals surface area contributed by atoms with Crippen LogP contribution in [0.25, 0.3) is 44.5 Å². The van der Waals surface area contributed by atoms with Gasteiger partial charge in [-0.05, 0) is 45.5 Å². The molecule has 0 spiro atoms. The molecule has 50 heavy (non-hydrogen) atoms. The Labute approximate surface area is 275 Å². The minimum atomic E-state index is -1.98. The van der Waals surface area contributed by atoms with E-state index in [9.17, 15) is 38.6 Å². The summed E-state index contributed by atoms with van der Waals surface area (Å²) in [6.45, 7) is 0. The number of nitriles is 6. The molecule has 0 atom stereocenters. The van der Waals surface area contributed by atoms with Crippen LogP contribution in [0.5, 0.6) is 0 Å². The average Bonchev–Trinajstić information content (AvgIpc) is 3.61. The van der Waals surface area contributed by atoms with Crippen LogP contribution in [0.4, 0.5) is 35.1 Å². The van der Waals surface area contributed by atoms with E-state index in [4.69, 9.17) is 10.5 Å². The van der Waals surface area contributed by atoms with Gasteiger partial charge in [0.2, 0.25) is 0 Å². The fourth-order valence-electron chi connectivity index (χ4n) is 6.07. The molecule has 0 unspecified atom stereocenters. The second kappa shape index (κ2) is 11.6. The largest absolute Gasteiger partial charge is 0.203 e. The third-order valence-corrected chi connectivity index (χ3v) is 8.14. The van der Waals surface area contributed by atoms with Crippen LogP contribution in [0.15, 0.2) is 47.5 Å². The van der Waals surface area contributed by atoms with Crippen LogP contribution in [0.3, 0.4) is 0 Å². The van der Waals surface area contributed by atoms with Gasteiger partial charge in [-0.1, -0.05) is 24.3 Å². The Kier molecular flexibility index (Phi) is 7.54. The number of hydrogen-bond acceptors (Lipinski definition) is 6. The van der Waals surface area contributed by atoms with E-state index in [-0.39, 0.29) is 44.5 Å². The number of nitrogens with zero attached hydrogens (tertiary/aromatic N) is 6. The predicted molar refractivity (Wildman–Crippen MR) is 156 cm³/mol. The quantitative estimate of drug-likeness (QED) is 0.119. The summed E-state index contributed by atoms with van der Waals surface area (Å²) in [6, 6.07) is 15.0. The van der Waals surface area contributed by atoms with Crippen molar-refractivity contribution < 1.29 is 35.1 Å². The first-order valence-electron chi connectivity index (χ1n) is 13.6. The maximum absolute atomic E-state index is 15.1. The lowest BCUT2D eigenvalue weighted by atomic mass is 9.86. The molecule has 2 aliphatic rings. The number of halogens is 8. The summed E-state index contributed by atoms with van der Waals surface area (Å²) >= 11 is 0. The summed E-state index contributed by atoms with van der Waals surface area (Å²) in [4.78, 5) is 0. The number of hydrogen-bond donors (Lipinski definition) is 0. The first-order valence-corrected chi connectivity index (χ1v) is 13.6. The van der Waals surface area contributed by atoms with Crippen molar-refractivity contribution in [3.63, 3.8) is 0 Å². The normalized spacial score (nSPS) is 12.1. The Morgan fingerprint density at radius 1 is 0.400 bits per heavy atom. The molecular formula is C36H6F8N6. The summed E-state index contributed by atoms with van der Waals surface area (Å²) in [7, 11) is 0. The van der Waals surface area contributed by atoms with Crippen LogP contribution in [-0.4, -0.2) is 0 Å². The zero-order valence-electron chi connectivity index (χ0n) is 24.2. The van der Waals surface area contributed by atoms with E-state index in [1.165, 1.54) is 0 Å². The van der Waals surface area contributed by atoms with Gasteiger partial charge in [0.25, 0.3) is 0 Å². The topological polar surface area (TPSA) is 143 Å². The van der Waals surface area contributed by atoms with Crippen molar-refractivity contribution in [2.75, 3.05) is 0 Å². The van der Waals surface area contributed by atoms with E-state index in [1.54, 1.807) is 24.3 Å². The highest BCUT2D eigenvalue weighted by Gasteiger charge is 2.41. The molecule has 236 valence electrons. The third-order valence-electron chi connectivity index (χ3n) is 8.14. The molecule has 0 saturated heterocycles. The molecule has 0 aromatic heterocycles. The smallest absolute Gasteiger partial charge is 0.180 e. The third kappa shape index (κ3) is 4.21. The second-order valence-corrected chi connectivity index (χ2v) is 10.5. The molecule has 6 nitrogen and oxygen atoms in total. The van der Waals surface area contributed by atoms with Crippen LogP contribution in [-0.2, 0) is 0 Å². The van der Waals surface area contributed by atoms with Crippen molar-refractivity contribution in [1.29, 1.82) is 31.6 Å². The van der Waals surface area contributed by atoms with Crippen LogP contribution in [0.2, 0.25) is 0 Å². The molecule has 14 heteroatoms. The summed E-state index contributed by atoms with van der Waals surface area (Å²) < 4.78 is 119. The average molecular weight is 674 g/mol. The van der Waals surface area contributed by atoms with Gasteiger partial charge in [-0.3, -0.25) is 0 Å². The number of rotatable bonds is 2. The Balaban J connectivity index is 1.67. The van der Waals surface area contributed by atoms with Gasteiger partial charge in [-0.15, -0.1) is 0 Å². The molecule has 4 aromatic rings. The number of benzene rings is 4. The summed E-state index contributed by atoms with van der Waals surface area (Å²) in [5.74, 6) is -15.6. The van der Waals surface area contributed by atoms with Gasteiger partial charge in [0.15, 0.2) is 46.5 Å². The van der Waals surface area contributed by atoms with Crippen molar-refractivity contribution in [3.8, 4) is 58.7 Å². The first-order chi connectivity index (χ1) is 23.9. The fraction of sp³-hybridized carbons (Fsp3) is 0. The molecular weight excluding hydrogens is 668 g/mol. The minimum Gasteiger partial charge on any atom is -0.203 e. The van der Waals surface area contributed by atoms with Gasteiger partial charge < -0.3 is 0 Å². The van der Waals surface area contributed by atoms with E-state index in [1.807, 2.05) is 0 Å². The molecule has 0 heterocycles. The van der Waals surface area contributed by atoms with Crippen molar-refractivity contribution in [1.82, 2.24) is 0 Å². The molecule has 0 fully saturated rings. The Hall–Kier alpha value is -7.52. The summed E-state index contributed by atoms with van der Waals surface area (Å²) in [5.41, 5.74) is -8.43. The molecule has 2 aliphatic carbocycles. The molecule has 0 radical (unpaired) electrons. The standard InChI is InChI=1S/C36H6F8N6/c37-29-21(11-49)30(38)34(42)25(33(29)41)13-1-3-17-19(5-13)23(15(7-45)8-46)28-18-4-2-14(6-20(18)24(27(17)28)16(9-47)10-48)26-35(43)31(39)22(12-50)32(40)36(26)44/h1-6H. The molecule has 0 bridgehead atoms. The van der Waals surface area contributed by atoms with Gasteiger partial charge in [-0.2, -0.15) is 31.6 Å². The van der Waals surface area contributed by atoms with Crippen molar-refractivity contribution in [2.24, 2.45) is 0 Å². The van der Waals surface area contributed by atoms with Crippen LogP contribution >= 0.6 is 0 Å². The minimum absolute atomic E-state index is 0.0222. The van der Waals surface area contributed by atoms with Crippen molar-refractivity contribution in [3.05, 3.63) is 127 Å². The van der Waals surface area contributed by atoms with Gasteiger partial charge in [-0.25, -0.2) is 35.1 Å². The van der Waals surface area contributed by atoms with E-state index >= 15 is 17.6 Å². The molecule has 0 aliphatic heterocycles. The van der Waals surface area contributed by atoms with Crippen LogP contribution in [0, 0.1) is 115 Å².